The Labute approximate surface area is 166 Å². The van der Waals surface area contributed by atoms with Gasteiger partial charge in [-0.1, -0.05) is 83.5 Å². The van der Waals surface area contributed by atoms with Crippen molar-refractivity contribution in [2.75, 3.05) is 0 Å². The van der Waals surface area contributed by atoms with E-state index >= 15 is 0 Å². The first kappa shape index (κ1) is 18.9. The molecule has 0 unspecified atom stereocenters. The van der Waals surface area contributed by atoms with E-state index in [0.717, 1.165) is 26.8 Å². The Bertz CT molecular complexity index is 900. The number of hydrogen-bond donors (Lipinski definition) is 0. The Morgan fingerprint density at radius 3 is 2.62 bits per heavy atom. The molecule has 0 aliphatic rings. The lowest BCUT2D eigenvalue weighted by atomic mass is 10.2. The second-order valence-corrected chi connectivity index (χ2v) is 8.24. The molecule has 0 bridgehead atoms. The van der Waals surface area contributed by atoms with E-state index in [4.69, 9.17) is 0 Å². The summed E-state index contributed by atoms with van der Waals surface area (Å²) in [6.07, 6.45) is 1.87. The third-order valence-electron chi connectivity index (χ3n) is 3.80. The highest BCUT2D eigenvalue weighted by molar-refractivity contribution is 9.10. The molecule has 0 aliphatic heterocycles. The van der Waals surface area contributed by atoms with Gasteiger partial charge < -0.3 is 0 Å². The molecule has 134 valence electrons. The molecule has 1 aromatic heterocycles. The fourth-order valence-electron chi connectivity index (χ4n) is 2.44. The highest BCUT2D eigenvalue weighted by Gasteiger charge is 2.15. The molecule has 0 spiro atoms. The fraction of sp³-hybridized carbons (Fsp3) is 0.250. The van der Waals surface area contributed by atoms with E-state index in [-0.39, 0.29) is 5.92 Å². The van der Waals surface area contributed by atoms with Gasteiger partial charge in [-0.25, -0.2) is 0 Å². The van der Waals surface area contributed by atoms with Crippen molar-refractivity contribution in [3.05, 3.63) is 75.5 Å². The molecule has 0 fully saturated rings. The number of nitrogens with zero attached hydrogens (tertiary/aromatic N) is 4. The van der Waals surface area contributed by atoms with Crippen molar-refractivity contribution in [2.45, 2.75) is 37.6 Å². The summed E-state index contributed by atoms with van der Waals surface area (Å²) in [6, 6.07) is 16.6. The Kier molecular flexibility index (Phi) is 6.27. The van der Waals surface area contributed by atoms with Crippen molar-refractivity contribution in [3.63, 3.8) is 0 Å². The van der Waals surface area contributed by atoms with Gasteiger partial charge in [-0.15, -0.1) is 10.2 Å². The molecule has 0 N–H and O–H groups in total. The SMILES string of the molecule is Cc1cccc(/C=N/n2c(SCc3ccc(Br)cc3)nnc2C(C)C)c1. The molecule has 6 heteroatoms. The molecule has 0 amide bonds. The van der Waals surface area contributed by atoms with Crippen LogP contribution in [0.4, 0.5) is 0 Å². The third-order valence-corrected chi connectivity index (χ3v) is 5.32. The number of halogens is 1. The largest absolute Gasteiger partial charge is 0.212 e. The maximum absolute atomic E-state index is 4.66. The maximum atomic E-state index is 4.66. The molecule has 0 aliphatic carbocycles. The van der Waals surface area contributed by atoms with Crippen molar-refractivity contribution in [1.82, 2.24) is 14.9 Å². The Hall–Kier alpha value is -1.92. The third kappa shape index (κ3) is 4.83. The fourth-order valence-corrected chi connectivity index (χ4v) is 3.55. The van der Waals surface area contributed by atoms with Crippen molar-refractivity contribution >= 4 is 33.9 Å². The molecule has 0 saturated carbocycles. The zero-order valence-corrected chi connectivity index (χ0v) is 17.5. The molecule has 0 atom stereocenters. The minimum absolute atomic E-state index is 0.249. The smallest absolute Gasteiger partial charge is 0.191 e. The summed E-state index contributed by atoms with van der Waals surface area (Å²) < 4.78 is 2.94. The topological polar surface area (TPSA) is 43.1 Å². The highest BCUT2D eigenvalue weighted by Crippen LogP contribution is 2.25. The molecule has 1 heterocycles. The zero-order valence-electron chi connectivity index (χ0n) is 15.1. The van der Waals surface area contributed by atoms with Crippen molar-refractivity contribution in [2.24, 2.45) is 5.10 Å². The van der Waals surface area contributed by atoms with Crippen LogP contribution in [-0.2, 0) is 5.75 Å². The summed E-state index contributed by atoms with van der Waals surface area (Å²) in [5.74, 6) is 1.94. The summed E-state index contributed by atoms with van der Waals surface area (Å²) in [5, 5.41) is 14.2. The summed E-state index contributed by atoms with van der Waals surface area (Å²) >= 11 is 5.11. The minimum Gasteiger partial charge on any atom is -0.191 e. The van der Waals surface area contributed by atoms with Crippen LogP contribution in [0, 0.1) is 6.92 Å². The van der Waals surface area contributed by atoms with Gasteiger partial charge >= 0.3 is 0 Å². The summed E-state index contributed by atoms with van der Waals surface area (Å²) in [4.78, 5) is 0. The maximum Gasteiger partial charge on any atom is 0.212 e. The predicted octanol–water partition coefficient (Wildman–Crippen LogP) is 5.65. The van der Waals surface area contributed by atoms with E-state index in [1.165, 1.54) is 11.1 Å². The second kappa shape index (κ2) is 8.64. The van der Waals surface area contributed by atoms with E-state index in [1.54, 1.807) is 11.8 Å². The zero-order chi connectivity index (χ0) is 18.5. The van der Waals surface area contributed by atoms with Gasteiger partial charge in [-0.3, -0.25) is 0 Å². The average molecular weight is 429 g/mol. The van der Waals surface area contributed by atoms with Crippen LogP contribution in [0.1, 0.15) is 42.3 Å². The lowest BCUT2D eigenvalue weighted by Crippen LogP contribution is -2.02. The number of benzene rings is 2. The molecule has 0 radical (unpaired) electrons. The second-order valence-electron chi connectivity index (χ2n) is 6.38. The van der Waals surface area contributed by atoms with Crippen LogP contribution in [0.2, 0.25) is 0 Å². The normalized spacial score (nSPS) is 11.6. The lowest BCUT2D eigenvalue weighted by Gasteiger charge is -2.07. The Morgan fingerprint density at radius 2 is 1.92 bits per heavy atom. The van der Waals surface area contributed by atoms with Gasteiger partial charge in [0.05, 0.1) is 6.21 Å². The van der Waals surface area contributed by atoms with Gasteiger partial charge in [0.1, 0.15) is 0 Å². The van der Waals surface area contributed by atoms with E-state index in [0.29, 0.717) is 0 Å². The van der Waals surface area contributed by atoms with Crippen LogP contribution in [0.15, 0.2) is 63.3 Å². The van der Waals surface area contributed by atoms with Crippen LogP contribution in [0.3, 0.4) is 0 Å². The molecule has 3 rings (SSSR count). The summed E-state index contributed by atoms with van der Waals surface area (Å²) in [6.45, 7) is 6.28. The van der Waals surface area contributed by atoms with E-state index < -0.39 is 0 Å². The monoisotopic (exact) mass is 428 g/mol. The van der Waals surface area contributed by atoms with Gasteiger partial charge in [0, 0.05) is 16.1 Å². The van der Waals surface area contributed by atoms with Crippen LogP contribution in [0.5, 0.6) is 0 Å². The number of thioether (sulfide) groups is 1. The average Bonchev–Trinajstić information content (AvgIpc) is 3.03. The van der Waals surface area contributed by atoms with Crippen LogP contribution in [0.25, 0.3) is 0 Å². The van der Waals surface area contributed by atoms with Crippen molar-refractivity contribution < 1.29 is 0 Å². The van der Waals surface area contributed by atoms with E-state index in [9.17, 15) is 0 Å². The predicted molar refractivity (Wildman–Crippen MR) is 112 cm³/mol. The highest BCUT2D eigenvalue weighted by atomic mass is 79.9. The quantitative estimate of drug-likeness (QED) is 0.376. The van der Waals surface area contributed by atoms with Crippen molar-refractivity contribution in [3.8, 4) is 0 Å². The number of rotatable bonds is 6. The molecule has 2 aromatic carbocycles. The molecule has 0 saturated heterocycles. The molecular weight excluding hydrogens is 408 g/mol. The van der Waals surface area contributed by atoms with Crippen LogP contribution in [-0.4, -0.2) is 21.1 Å². The van der Waals surface area contributed by atoms with Crippen molar-refractivity contribution in [1.29, 1.82) is 0 Å². The molecule has 3 aromatic rings. The first-order chi connectivity index (χ1) is 12.5. The molecular formula is C20H21BrN4S. The van der Waals surface area contributed by atoms with Crippen LogP contribution < -0.4 is 0 Å². The van der Waals surface area contributed by atoms with E-state index in [2.05, 4.69) is 88.4 Å². The first-order valence-corrected chi connectivity index (χ1v) is 10.2. The van der Waals surface area contributed by atoms with Gasteiger partial charge in [0.25, 0.3) is 0 Å². The molecule has 26 heavy (non-hydrogen) atoms. The van der Waals surface area contributed by atoms with Gasteiger partial charge in [0.2, 0.25) is 5.16 Å². The summed E-state index contributed by atoms with van der Waals surface area (Å²) in [7, 11) is 0. The van der Waals surface area contributed by atoms with Crippen LogP contribution >= 0.6 is 27.7 Å². The standard InChI is InChI=1S/C20H21BrN4S/c1-14(2)19-23-24-20(26-13-16-7-9-18(21)10-8-16)25(19)22-12-17-6-4-5-15(3)11-17/h4-12,14H,13H2,1-3H3/b22-12+. The first-order valence-electron chi connectivity index (χ1n) is 8.46. The lowest BCUT2D eigenvalue weighted by molar-refractivity contribution is 0.667. The number of aryl methyl sites for hydroxylation is 1. The number of hydrogen-bond acceptors (Lipinski definition) is 4. The Balaban J connectivity index is 1.83. The number of aromatic nitrogens is 3. The van der Waals surface area contributed by atoms with Gasteiger partial charge in [0.15, 0.2) is 5.82 Å². The van der Waals surface area contributed by atoms with E-state index in [1.807, 2.05) is 23.0 Å². The van der Waals surface area contributed by atoms with Gasteiger partial charge in [-0.2, -0.15) is 9.78 Å². The molecule has 4 nitrogen and oxygen atoms in total. The van der Waals surface area contributed by atoms with Gasteiger partial charge in [-0.05, 0) is 30.2 Å². The Morgan fingerprint density at radius 1 is 1.15 bits per heavy atom. The summed E-state index contributed by atoms with van der Waals surface area (Å²) in [5.41, 5.74) is 3.52. The minimum atomic E-state index is 0.249.